The lowest BCUT2D eigenvalue weighted by Crippen LogP contribution is -2.33. The summed E-state index contributed by atoms with van der Waals surface area (Å²) in [6, 6.07) is 12.4. The van der Waals surface area contributed by atoms with Crippen molar-refractivity contribution in [2.24, 2.45) is 0 Å². The van der Waals surface area contributed by atoms with Crippen LogP contribution < -0.4 is 15.8 Å². The first-order valence-electron chi connectivity index (χ1n) is 11.7. The maximum absolute atomic E-state index is 12.8. The minimum Gasteiger partial charge on any atom is -0.355 e. The van der Waals surface area contributed by atoms with Gasteiger partial charge >= 0.3 is 0 Å². The Hall–Kier alpha value is -3.55. The molecule has 1 aliphatic heterocycles. The standard InChI is InChI=1S/C25H28N6O2/c1-17(31-24(32)16-19-6-5-7-22(19)29-31)25(33)26-20-10-8-18(9-11-20)21-12-13-23(28-27-21)30-14-3-2-4-15-30/h8-13,16-17H,2-7,14-15H2,1H3,(H,26,33). The third-order valence-corrected chi connectivity index (χ3v) is 6.51. The van der Waals surface area contributed by atoms with Crippen molar-refractivity contribution in [1.29, 1.82) is 0 Å². The van der Waals surface area contributed by atoms with Crippen molar-refractivity contribution in [3.63, 3.8) is 0 Å². The summed E-state index contributed by atoms with van der Waals surface area (Å²) < 4.78 is 1.29. The Bertz CT molecular complexity index is 1200. The van der Waals surface area contributed by atoms with E-state index in [9.17, 15) is 9.59 Å². The first-order chi connectivity index (χ1) is 16.1. The molecule has 1 aliphatic carbocycles. The molecule has 1 aromatic carbocycles. The van der Waals surface area contributed by atoms with Gasteiger partial charge in [0.05, 0.1) is 11.4 Å². The lowest BCUT2D eigenvalue weighted by molar-refractivity contribution is -0.119. The summed E-state index contributed by atoms with van der Waals surface area (Å²) in [4.78, 5) is 27.5. The Labute approximate surface area is 192 Å². The predicted octanol–water partition coefficient (Wildman–Crippen LogP) is 3.38. The molecule has 8 heteroatoms. The number of hydrogen-bond acceptors (Lipinski definition) is 6. The van der Waals surface area contributed by atoms with Crippen LogP contribution in [0.2, 0.25) is 0 Å². The molecule has 2 aromatic heterocycles. The van der Waals surface area contributed by atoms with Crippen LogP contribution in [-0.2, 0) is 17.6 Å². The highest BCUT2D eigenvalue weighted by molar-refractivity contribution is 5.93. The SMILES string of the molecule is CC(C(=O)Nc1ccc(-c2ccc(N3CCCCC3)nn2)cc1)n1nc2c(cc1=O)CCC2. The van der Waals surface area contributed by atoms with Crippen LogP contribution in [0.15, 0.2) is 47.3 Å². The molecule has 5 rings (SSSR count). The zero-order valence-electron chi connectivity index (χ0n) is 18.8. The van der Waals surface area contributed by atoms with Crippen LogP contribution in [0.4, 0.5) is 11.5 Å². The van der Waals surface area contributed by atoms with E-state index in [4.69, 9.17) is 0 Å². The van der Waals surface area contributed by atoms with Gasteiger partial charge in [-0.2, -0.15) is 5.10 Å². The maximum Gasteiger partial charge on any atom is 0.267 e. The summed E-state index contributed by atoms with van der Waals surface area (Å²) in [6.45, 7) is 3.76. The number of nitrogens with one attached hydrogen (secondary N) is 1. The van der Waals surface area contributed by atoms with Gasteiger partial charge < -0.3 is 10.2 Å². The normalized spacial score (nSPS) is 16.3. The summed E-state index contributed by atoms with van der Waals surface area (Å²) in [7, 11) is 0. The fourth-order valence-electron chi connectivity index (χ4n) is 4.55. The summed E-state index contributed by atoms with van der Waals surface area (Å²) in [5.74, 6) is 0.646. The Kier molecular flexibility index (Phi) is 5.90. The van der Waals surface area contributed by atoms with Crippen molar-refractivity contribution >= 4 is 17.4 Å². The third-order valence-electron chi connectivity index (χ3n) is 6.51. The van der Waals surface area contributed by atoms with Crippen LogP contribution in [0.5, 0.6) is 0 Å². The van der Waals surface area contributed by atoms with Gasteiger partial charge in [0.25, 0.3) is 5.56 Å². The molecule has 3 heterocycles. The number of hydrogen-bond donors (Lipinski definition) is 1. The molecule has 3 aromatic rings. The van der Waals surface area contributed by atoms with E-state index in [0.717, 1.165) is 60.7 Å². The average Bonchev–Trinajstić information content (AvgIpc) is 3.31. The summed E-state index contributed by atoms with van der Waals surface area (Å²) in [5, 5.41) is 16.1. The quantitative estimate of drug-likeness (QED) is 0.649. The van der Waals surface area contributed by atoms with E-state index in [1.54, 1.807) is 13.0 Å². The van der Waals surface area contributed by atoms with Crippen LogP contribution in [0, 0.1) is 0 Å². The highest BCUT2D eigenvalue weighted by atomic mass is 16.2. The average molecular weight is 445 g/mol. The number of piperidine rings is 1. The number of nitrogens with zero attached hydrogens (tertiary/aromatic N) is 5. The van der Waals surface area contributed by atoms with Gasteiger partial charge in [-0.3, -0.25) is 9.59 Å². The molecular formula is C25H28N6O2. The smallest absolute Gasteiger partial charge is 0.267 e. The molecule has 0 spiro atoms. The second-order valence-corrected chi connectivity index (χ2v) is 8.82. The number of carbonyl (C=O) groups is 1. The molecule has 1 N–H and O–H groups in total. The van der Waals surface area contributed by atoms with Gasteiger partial charge in [-0.25, -0.2) is 4.68 Å². The van der Waals surface area contributed by atoms with Crippen molar-refractivity contribution in [1.82, 2.24) is 20.0 Å². The maximum atomic E-state index is 12.8. The number of rotatable bonds is 5. The predicted molar refractivity (Wildman–Crippen MR) is 127 cm³/mol. The molecule has 1 saturated heterocycles. The zero-order valence-corrected chi connectivity index (χ0v) is 18.8. The van der Waals surface area contributed by atoms with Crippen molar-refractivity contribution < 1.29 is 4.79 Å². The van der Waals surface area contributed by atoms with Gasteiger partial charge in [-0.15, -0.1) is 10.2 Å². The van der Waals surface area contributed by atoms with Crippen molar-refractivity contribution in [2.75, 3.05) is 23.3 Å². The van der Waals surface area contributed by atoms with E-state index in [1.807, 2.05) is 36.4 Å². The largest absolute Gasteiger partial charge is 0.355 e. The van der Waals surface area contributed by atoms with Crippen molar-refractivity contribution in [3.8, 4) is 11.3 Å². The molecular weight excluding hydrogens is 416 g/mol. The van der Waals surface area contributed by atoms with E-state index in [2.05, 4.69) is 25.5 Å². The fourth-order valence-corrected chi connectivity index (χ4v) is 4.55. The number of aryl methyl sites for hydroxylation is 2. The molecule has 1 fully saturated rings. The number of amides is 1. The van der Waals surface area contributed by atoms with Crippen LogP contribution in [0.3, 0.4) is 0 Å². The Morgan fingerprint density at radius 2 is 1.76 bits per heavy atom. The minimum atomic E-state index is -0.698. The van der Waals surface area contributed by atoms with E-state index in [-0.39, 0.29) is 11.5 Å². The van der Waals surface area contributed by atoms with Gasteiger partial charge in [0.15, 0.2) is 5.82 Å². The number of carbonyl (C=O) groups excluding carboxylic acids is 1. The van der Waals surface area contributed by atoms with E-state index < -0.39 is 6.04 Å². The van der Waals surface area contributed by atoms with Gasteiger partial charge in [0.1, 0.15) is 6.04 Å². The van der Waals surface area contributed by atoms with Crippen LogP contribution in [0.25, 0.3) is 11.3 Å². The molecule has 0 bridgehead atoms. The van der Waals surface area contributed by atoms with Crippen LogP contribution in [0.1, 0.15) is 49.9 Å². The second-order valence-electron chi connectivity index (χ2n) is 8.82. The molecule has 33 heavy (non-hydrogen) atoms. The van der Waals surface area contributed by atoms with Gasteiger partial charge in [-0.05, 0) is 75.3 Å². The monoisotopic (exact) mass is 444 g/mol. The fraction of sp³-hybridized carbons (Fsp3) is 0.400. The zero-order chi connectivity index (χ0) is 22.8. The Balaban J connectivity index is 1.25. The van der Waals surface area contributed by atoms with Crippen LogP contribution in [-0.4, -0.2) is 39.0 Å². The van der Waals surface area contributed by atoms with E-state index in [1.165, 1.54) is 23.9 Å². The number of fused-ring (bicyclic) bond motifs is 1. The number of benzene rings is 1. The minimum absolute atomic E-state index is 0.236. The Morgan fingerprint density at radius 3 is 2.48 bits per heavy atom. The van der Waals surface area contributed by atoms with Gasteiger partial charge in [0, 0.05) is 30.4 Å². The first kappa shape index (κ1) is 21.3. The molecule has 2 aliphatic rings. The van der Waals surface area contributed by atoms with Gasteiger partial charge in [0.2, 0.25) is 5.91 Å². The highest BCUT2D eigenvalue weighted by Crippen LogP contribution is 2.23. The lowest BCUT2D eigenvalue weighted by atomic mass is 10.1. The first-order valence-corrected chi connectivity index (χ1v) is 11.7. The number of anilines is 2. The summed E-state index contributed by atoms with van der Waals surface area (Å²) in [5.41, 5.74) is 4.06. The van der Waals surface area contributed by atoms with Crippen LogP contribution >= 0.6 is 0 Å². The van der Waals surface area contributed by atoms with E-state index >= 15 is 0 Å². The third kappa shape index (κ3) is 4.51. The van der Waals surface area contributed by atoms with Crippen molar-refractivity contribution in [2.45, 2.75) is 51.5 Å². The van der Waals surface area contributed by atoms with Crippen molar-refractivity contribution in [3.05, 3.63) is 64.1 Å². The summed E-state index contributed by atoms with van der Waals surface area (Å²) in [6.07, 6.45) is 6.43. The second kappa shape index (κ2) is 9.13. The Morgan fingerprint density at radius 1 is 0.970 bits per heavy atom. The molecule has 0 radical (unpaired) electrons. The molecule has 8 nitrogen and oxygen atoms in total. The summed E-state index contributed by atoms with van der Waals surface area (Å²) >= 11 is 0. The topological polar surface area (TPSA) is 93.0 Å². The highest BCUT2D eigenvalue weighted by Gasteiger charge is 2.21. The lowest BCUT2D eigenvalue weighted by Gasteiger charge is -2.27. The molecule has 0 saturated carbocycles. The number of aromatic nitrogens is 4. The molecule has 1 amide bonds. The molecule has 170 valence electrons. The van der Waals surface area contributed by atoms with E-state index in [0.29, 0.717) is 5.69 Å². The van der Waals surface area contributed by atoms with Gasteiger partial charge in [-0.1, -0.05) is 12.1 Å². The molecule has 1 unspecified atom stereocenters. The molecule has 1 atom stereocenters.